The fourth-order valence-corrected chi connectivity index (χ4v) is 4.28. The van der Waals surface area contributed by atoms with Crippen LogP contribution < -0.4 is 5.32 Å². The number of ether oxygens (including phenoxy) is 1. The van der Waals surface area contributed by atoms with E-state index in [-0.39, 0.29) is 24.3 Å². The molecule has 2 aliphatic heterocycles. The van der Waals surface area contributed by atoms with Crippen molar-refractivity contribution in [2.75, 3.05) is 33.3 Å². The predicted molar refractivity (Wildman–Crippen MR) is 109 cm³/mol. The molecule has 0 aromatic heterocycles. The summed E-state index contributed by atoms with van der Waals surface area (Å²) in [5, 5.41) is 3.44. The second kappa shape index (κ2) is 9.96. The Hall–Kier alpha value is -2.28. The van der Waals surface area contributed by atoms with Crippen molar-refractivity contribution < 1.29 is 19.1 Å². The fraction of sp³-hybridized carbons (Fsp3) is 0.571. The Bertz CT molecular complexity index is 751. The maximum Gasteiger partial charge on any atom is 0.320 e. The lowest BCUT2D eigenvalue weighted by Crippen LogP contribution is -2.50. The van der Waals surface area contributed by atoms with E-state index in [1.807, 2.05) is 11.0 Å². The molecule has 1 N–H and O–H groups in total. The molecule has 0 unspecified atom stereocenters. The van der Waals surface area contributed by atoms with Crippen LogP contribution in [0.4, 0.5) is 4.79 Å². The summed E-state index contributed by atoms with van der Waals surface area (Å²) in [5.74, 6) is -0.902. The molecule has 2 atom stereocenters. The van der Waals surface area contributed by atoms with Crippen LogP contribution in [0.15, 0.2) is 24.3 Å². The van der Waals surface area contributed by atoms with Crippen LogP contribution in [-0.2, 0) is 14.3 Å². The summed E-state index contributed by atoms with van der Waals surface area (Å²) in [6.45, 7) is 2.66. The van der Waals surface area contributed by atoms with Gasteiger partial charge in [-0.1, -0.05) is 29.8 Å². The lowest BCUT2D eigenvalue weighted by atomic mass is 9.95. The van der Waals surface area contributed by atoms with E-state index in [2.05, 4.69) is 5.32 Å². The lowest BCUT2D eigenvalue weighted by molar-refractivity contribution is -0.141. The zero-order valence-electron chi connectivity index (χ0n) is 16.7. The topological polar surface area (TPSA) is 79.0 Å². The first-order chi connectivity index (χ1) is 14.0. The first-order valence-electron chi connectivity index (χ1n) is 10.1. The number of nitrogens with one attached hydrogen (secondary N) is 1. The Morgan fingerprint density at radius 2 is 1.83 bits per heavy atom. The van der Waals surface area contributed by atoms with Gasteiger partial charge in [-0.25, -0.2) is 4.79 Å². The molecule has 2 aliphatic rings. The number of esters is 1. The average Bonchev–Trinajstić information content (AvgIpc) is 3.28. The Morgan fingerprint density at radius 3 is 2.52 bits per heavy atom. The molecule has 0 aliphatic carbocycles. The monoisotopic (exact) mass is 421 g/mol. The van der Waals surface area contributed by atoms with Crippen molar-refractivity contribution >= 4 is 29.5 Å². The largest absolute Gasteiger partial charge is 0.469 e. The average molecular weight is 422 g/mol. The second-order valence-electron chi connectivity index (χ2n) is 7.62. The second-order valence-corrected chi connectivity index (χ2v) is 8.03. The van der Waals surface area contributed by atoms with Gasteiger partial charge in [0.05, 0.1) is 25.5 Å². The number of nitrogens with zero attached hydrogens (tertiary/aromatic N) is 2. The summed E-state index contributed by atoms with van der Waals surface area (Å²) in [4.78, 5) is 41.2. The number of likely N-dealkylation sites (tertiary alicyclic amines) is 2. The molecular weight excluding hydrogens is 394 g/mol. The number of urea groups is 1. The minimum atomic E-state index is -0.576. The first-order valence-corrected chi connectivity index (χ1v) is 10.5. The lowest BCUT2D eigenvalue weighted by Gasteiger charge is -2.35. The molecule has 0 spiro atoms. The smallest absolute Gasteiger partial charge is 0.320 e. The molecule has 3 rings (SSSR count). The highest BCUT2D eigenvalue weighted by Gasteiger charge is 2.33. The van der Waals surface area contributed by atoms with Crippen LogP contribution in [-0.4, -0.2) is 61.0 Å². The number of methoxy groups -OCH3 is 1. The van der Waals surface area contributed by atoms with Gasteiger partial charge in [-0.2, -0.15) is 0 Å². The van der Waals surface area contributed by atoms with Gasteiger partial charge in [0.25, 0.3) is 0 Å². The summed E-state index contributed by atoms with van der Waals surface area (Å²) in [5.41, 5.74) is 0.675. The molecule has 2 heterocycles. The van der Waals surface area contributed by atoms with Crippen molar-refractivity contribution in [3.63, 3.8) is 0 Å². The van der Waals surface area contributed by atoms with Crippen molar-refractivity contribution in [2.24, 2.45) is 5.92 Å². The quantitative estimate of drug-likeness (QED) is 0.741. The molecule has 158 valence electrons. The molecule has 7 nitrogen and oxygen atoms in total. The van der Waals surface area contributed by atoms with Gasteiger partial charge in [0.1, 0.15) is 0 Å². The van der Waals surface area contributed by atoms with Gasteiger partial charge in [-0.3, -0.25) is 9.59 Å². The van der Waals surface area contributed by atoms with Crippen LogP contribution in [0.1, 0.15) is 43.7 Å². The van der Waals surface area contributed by atoms with Gasteiger partial charge >= 0.3 is 12.0 Å². The number of halogens is 1. The van der Waals surface area contributed by atoms with Gasteiger partial charge in [0.2, 0.25) is 5.91 Å². The van der Waals surface area contributed by atoms with E-state index >= 15 is 0 Å². The third-order valence-electron chi connectivity index (χ3n) is 5.63. The third-order valence-corrected chi connectivity index (χ3v) is 5.98. The number of hydrogen-bond donors (Lipinski definition) is 1. The summed E-state index contributed by atoms with van der Waals surface area (Å²) < 4.78 is 4.78. The minimum Gasteiger partial charge on any atom is -0.469 e. The summed E-state index contributed by atoms with van der Waals surface area (Å²) in [7, 11) is 1.32. The van der Waals surface area contributed by atoms with Crippen molar-refractivity contribution in [2.45, 2.75) is 38.1 Å². The van der Waals surface area contributed by atoms with Crippen LogP contribution in [0.25, 0.3) is 0 Å². The van der Waals surface area contributed by atoms with Gasteiger partial charge in [-0.05, 0) is 37.3 Å². The van der Waals surface area contributed by atoms with Crippen LogP contribution in [0.2, 0.25) is 5.02 Å². The third kappa shape index (κ3) is 5.41. The van der Waals surface area contributed by atoms with E-state index in [1.165, 1.54) is 7.11 Å². The van der Waals surface area contributed by atoms with E-state index in [0.717, 1.165) is 32.4 Å². The number of amides is 3. The molecular formula is C21H28ClN3O4. The van der Waals surface area contributed by atoms with Crippen molar-refractivity contribution in [3.05, 3.63) is 34.9 Å². The summed E-state index contributed by atoms with van der Waals surface area (Å²) in [6, 6.07) is 6.58. The van der Waals surface area contributed by atoms with E-state index in [0.29, 0.717) is 30.1 Å². The summed E-state index contributed by atoms with van der Waals surface area (Å²) in [6.07, 6.45) is 3.57. The highest BCUT2D eigenvalue weighted by atomic mass is 35.5. The van der Waals surface area contributed by atoms with Gasteiger partial charge in [-0.15, -0.1) is 0 Å². The molecule has 29 heavy (non-hydrogen) atoms. The summed E-state index contributed by atoms with van der Waals surface area (Å²) >= 11 is 6.29. The molecule has 3 amide bonds. The van der Waals surface area contributed by atoms with E-state index in [9.17, 15) is 14.4 Å². The van der Waals surface area contributed by atoms with Crippen LogP contribution in [0.5, 0.6) is 0 Å². The number of piperidine rings is 1. The van der Waals surface area contributed by atoms with E-state index in [1.54, 1.807) is 23.1 Å². The Balaban J connectivity index is 1.67. The van der Waals surface area contributed by atoms with Crippen molar-refractivity contribution in [1.29, 1.82) is 0 Å². The molecule has 0 radical (unpaired) electrons. The Labute approximate surface area is 176 Å². The predicted octanol–water partition coefficient (Wildman–Crippen LogP) is 2.99. The highest BCUT2D eigenvalue weighted by Crippen LogP contribution is 2.27. The van der Waals surface area contributed by atoms with Crippen molar-refractivity contribution in [3.8, 4) is 0 Å². The van der Waals surface area contributed by atoms with Gasteiger partial charge in [0, 0.05) is 31.2 Å². The zero-order valence-corrected chi connectivity index (χ0v) is 17.5. The number of carbonyl (C=O) groups is 3. The number of rotatable bonds is 5. The number of hydrogen-bond acceptors (Lipinski definition) is 4. The zero-order chi connectivity index (χ0) is 20.8. The van der Waals surface area contributed by atoms with E-state index < -0.39 is 12.0 Å². The highest BCUT2D eigenvalue weighted by molar-refractivity contribution is 6.31. The van der Waals surface area contributed by atoms with E-state index in [4.69, 9.17) is 16.3 Å². The minimum absolute atomic E-state index is 0.00485. The molecule has 1 aromatic rings. The standard InChI is InChI=1S/C21H28ClN3O4/c1-29-19(26)13-18(16-8-2-3-9-17(16)22)23-20(27)15-7-6-12-25(14-15)21(28)24-10-4-5-11-24/h2-3,8-9,15,18H,4-7,10-14H2,1H3,(H,23,27)/t15-,18-/m0/s1. The normalized spacial score (nSPS) is 20.3. The number of benzene rings is 1. The molecule has 0 saturated carbocycles. The first kappa shape index (κ1) is 21.4. The number of carbonyl (C=O) groups excluding carboxylic acids is 3. The molecule has 2 saturated heterocycles. The maximum absolute atomic E-state index is 13.0. The van der Waals surface area contributed by atoms with Crippen LogP contribution >= 0.6 is 11.6 Å². The van der Waals surface area contributed by atoms with Gasteiger partial charge < -0.3 is 19.9 Å². The Kier molecular flexibility index (Phi) is 7.36. The van der Waals surface area contributed by atoms with Gasteiger partial charge in [0.15, 0.2) is 0 Å². The molecule has 1 aromatic carbocycles. The van der Waals surface area contributed by atoms with Crippen LogP contribution in [0, 0.1) is 5.92 Å². The molecule has 0 bridgehead atoms. The Morgan fingerprint density at radius 1 is 1.14 bits per heavy atom. The molecule has 8 heteroatoms. The SMILES string of the molecule is COC(=O)C[C@H](NC(=O)[C@H]1CCCN(C(=O)N2CCCC2)C1)c1ccccc1Cl. The van der Waals surface area contributed by atoms with Crippen LogP contribution in [0.3, 0.4) is 0 Å². The molecule has 2 fully saturated rings. The maximum atomic E-state index is 13.0. The fourth-order valence-electron chi connectivity index (χ4n) is 4.01. The van der Waals surface area contributed by atoms with Crippen molar-refractivity contribution in [1.82, 2.24) is 15.1 Å².